The quantitative estimate of drug-likeness (QED) is 0.459. The van der Waals surface area contributed by atoms with Crippen LogP contribution in [0.4, 0.5) is 5.69 Å². The number of rotatable bonds is 7. The van der Waals surface area contributed by atoms with Crippen molar-refractivity contribution < 1.29 is 24.4 Å². The zero-order valence-corrected chi connectivity index (χ0v) is 10.2. The minimum Gasteiger partial charge on any atom is -0.481 e. The maximum absolute atomic E-state index is 11.0. The molecule has 0 saturated heterocycles. The van der Waals surface area contributed by atoms with E-state index in [4.69, 9.17) is 9.84 Å². The Bertz CT molecular complexity index is 499. The van der Waals surface area contributed by atoms with Crippen LogP contribution in [-0.2, 0) is 20.7 Å². The van der Waals surface area contributed by atoms with Gasteiger partial charge in [0.05, 0.1) is 16.9 Å². The van der Waals surface area contributed by atoms with Crippen molar-refractivity contribution in [1.82, 2.24) is 0 Å². The molecule has 7 nitrogen and oxygen atoms in total. The molecular weight excluding hydrogens is 254 g/mol. The molecule has 1 aromatic rings. The first-order valence-corrected chi connectivity index (χ1v) is 5.57. The molecular formula is C12H13NO6. The number of benzene rings is 1. The van der Waals surface area contributed by atoms with Crippen molar-refractivity contribution in [2.45, 2.75) is 25.9 Å². The lowest BCUT2D eigenvalue weighted by atomic mass is 10.0. The average molecular weight is 267 g/mol. The van der Waals surface area contributed by atoms with Crippen LogP contribution in [0.3, 0.4) is 0 Å². The molecule has 0 spiro atoms. The highest BCUT2D eigenvalue weighted by Crippen LogP contribution is 2.30. The average Bonchev–Trinajstić information content (AvgIpc) is 2.35. The lowest BCUT2D eigenvalue weighted by molar-refractivity contribution is -0.386. The molecule has 102 valence electrons. The van der Waals surface area contributed by atoms with E-state index >= 15 is 0 Å². The molecule has 1 aromatic carbocycles. The first-order valence-electron chi connectivity index (χ1n) is 5.57. The van der Waals surface area contributed by atoms with Crippen LogP contribution in [0.2, 0.25) is 0 Å². The highest BCUT2D eigenvalue weighted by Gasteiger charge is 2.22. The van der Waals surface area contributed by atoms with Crippen molar-refractivity contribution in [2.75, 3.05) is 0 Å². The molecule has 0 amide bonds. The van der Waals surface area contributed by atoms with E-state index < -0.39 is 17.0 Å². The van der Waals surface area contributed by atoms with Crippen LogP contribution in [0.25, 0.3) is 0 Å². The molecule has 1 unspecified atom stereocenters. The second-order valence-electron chi connectivity index (χ2n) is 3.85. The lowest BCUT2D eigenvalue weighted by Gasteiger charge is -2.13. The number of carbonyl (C=O) groups is 2. The van der Waals surface area contributed by atoms with Gasteiger partial charge in [-0.15, -0.1) is 0 Å². The van der Waals surface area contributed by atoms with E-state index in [1.54, 1.807) is 6.92 Å². The zero-order chi connectivity index (χ0) is 14.4. The van der Waals surface area contributed by atoms with Crippen molar-refractivity contribution in [3.05, 3.63) is 39.4 Å². The normalized spacial score (nSPS) is 11.6. The van der Waals surface area contributed by atoms with Gasteiger partial charge in [0.2, 0.25) is 0 Å². The molecule has 0 aliphatic carbocycles. The Morgan fingerprint density at radius 1 is 1.58 bits per heavy atom. The van der Waals surface area contributed by atoms with Gasteiger partial charge < -0.3 is 9.84 Å². The van der Waals surface area contributed by atoms with Crippen LogP contribution in [0.5, 0.6) is 0 Å². The third-order valence-corrected chi connectivity index (χ3v) is 2.58. The van der Waals surface area contributed by atoms with E-state index in [0.717, 1.165) is 0 Å². The number of nitrogens with zero attached hydrogens (tertiary/aromatic N) is 1. The lowest BCUT2D eigenvalue weighted by Crippen LogP contribution is -2.07. The van der Waals surface area contributed by atoms with E-state index in [-0.39, 0.29) is 24.1 Å². The van der Waals surface area contributed by atoms with Crippen molar-refractivity contribution in [2.24, 2.45) is 0 Å². The number of carboxylic acids is 1. The van der Waals surface area contributed by atoms with Gasteiger partial charge in [0.25, 0.3) is 12.2 Å². The highest BCUT2D eigenvalue weighted by atomic mass is 16.6. The van der Waals surface area contributed by atoms with Gasteiger partial charge in [-0.1, -0.05) is 13.0 Å². The molecule has 1 N–H and O–H groups in total. The summed E-state index contributed by atoms with van der Waals surface area (Å²) in [5, 5.41) is 19.7. The Morgan fingerprint density at radius 3 is 2.74 bits per heavy atom. The summed E-state index contributed by atoms with van der Waals surface area (Å²) in [5.74, 6) is -1.07. The fourth-order valence-electron chi connectivity index (χ4n) is 1.76. The molecule has 0 radical (unpaired) electrons. The van der Waals surface area contributed by atoms with Crippen LogP contribution in [0.1, 0.15) is 30.6 Å². The largest absolute Gasteiger partial charge is 0.481 e. The third kappa shape index (κ3) is 3.77. The number of nitro benzene ring substituents is 1. The zero-order valence-electron chi connectivity index (χ0n) is 10.2. The smallest absolute Gasteiger partial charge is 0.307 e. The maximum atomic E-state index is 11.0. The highest BCUT2D eigenvalue weighted by molar-refractivity contribution is 5.70. The standard InChI is InChI=1S/C12H13NO6/c1-2-11(19-7-14)9-4-3-8(6-12(15)16)5-10(9)13(17)18/h3-5,7,11H,2,6H2,1H3,(H,15,16). The molecule has 0 aromatic heterocycles. The SMILES string of the molecule is CCC(OC=O)c1ccc(CC(=O)O)cc1[N+](=O)[O-]. The molecule has 0 aliphatic rings. The topological polar surface area (TPSA) is 107 Å². The fraction of sp³-hybridized carbons (Fsp3) is 0.333. The van der Waals surface area contributed by atoms with Gasteiger partial charge in [0.15, 0.2) is 0 Å². The second-order valence-corrected chi connectivity index (χ2v) is 3.85. The summed E-state index contributed by atoms with van der Waals surface area (Å²) in [7, 11) is 0. The summed E-state index contributed by atoms with van der Waals surface area (Å²) in [5.41, 5.74) is 0.338. The van der Waals surface area contributed by atoms with Crippen LogP contribution in [-0.4, -0.2) is 22.5 Å². The monoisotopic (exact) mass is 267 g/mol. The van der Waals surface area contributed by atoms with Gasteiger partial charge in [0, 0.05) is 6.07 Å². The number of hydrogen-bond acceptors (Lipinski definition) is 5. The molecule has 0 aliphatic heterocycles. The Kier molecular flexibility index (Phi) is 4.99. The van der Waals surface area contributed by atoms with Crippen LogP contribution < -0.4 is 0 Å². The molecule has 1 atom stereocenters. The number of nitro groups is 1. The molecule has 0 fully saturated rings. The minimum atomic E-state index is -1.07. The molecule has 0 saturated carbocycles. The number of carboxylic acid groups (broad SMARTS) is 1. The summed E-state index contributed by atoms with van der Waals surface area (Å²) in [6, 6.07) is 4.10. The molecule has 19 heavy (non-hydrogen) atoms. The van der Waals surface area contributed by atoms with Gasteiger partial charge in [-0.25, -0.2) is 0 Å². The number of carbonyl (C=O) groups excluding carboxylic acids is 1. The van der Waals surface area contributed by atoms with E-state index in [9.17, 15) is 19.7 Å². The van der Waals surface area contributed by atoms with Crippen molar-refractivity contribution in [1.29, 1.82) is 0 Å². The van der Waals surface area contributed by atoms with Crippen molar-refractivity contribution >= 4 is 18.1 Å². The maximum Gasteiger partial charge on any atom is 0.307 e. The molecule has 1 rings (SSSR count). The summed E-state index contributed by atoms with van der Waals surface area (Å²) in [4.78, 5) is 31.3. The molecule has 0 heterocycles. The first-order chi connectivity index (χ1) is 8.99. The van der Waals surface area contributed by atoms with Gasteiger partial charge in [-0.2, -0.15) is 0 Å². The van der Waals surface area contributed by atoms with E-state index in [1.807, 2.05) is 0 Å². The summed E-state index contributed by atoms with van der Waals surface area (Å²) >= 11 is 0. The Labute approximate surface area is 109 Å². The second kappa shape index (κ2) is 6.48. The number of aliphatic carboxylic acids is 1. The van der Waals surface area contributed by atoms with Crippen LogP contribution in [0.15, 0.2) is 18.2 Å². The van der Waals surface area contributed by atoms with Crippen LogP contribution in [0, 0.1) is 10.1 Å². The first kappa shape index (κ1) is 14.6. The Hall–Kier alpha value is -2.44. The van der Waals surface area contributed by atoms with E-state index in [1.165, 1.54) is 18.2 Å². The molecule has 0 bridgehead atoms. The summed E-state index contributed by atoms with van der Waals surface area (Å²) in [6.07, 6.45) is -0.624. The van der Waals surface area contributed by atoms with Gasteiger partial charge in [0.1, 0.15) is 6.10 Å². The minimum absolute atomic E-state index is 0.239. The predicted octanol–water partition coefficient (Wildman–Crippen LogP) is 1.85. The Balaban J connectivity index is 3.20. The number of hydrogen-bond donors (Lipinski definition) is 1. The van der Waals surface area contributed by atoms with E-state index in [0.29, 0.717) is 12.0 Å². The van der Waals surface area contributed by atoms with Crippen molar-refractivity contribution in [3.63, 3.8) is 0 Å². The predicted molar refractivity (Wildman–Crippen MR) is 64.6 cm³/mol. The molecule has 7 heteroatoms. The van der Waals surface area contributed by atoms with Gasteiger partial charge >= 0.3 is 5.97 Å². The Morgan fingerprint density at radius 2 is 2.26 bits per heavy atom. The van der Waals surface area contributed by atoms with Gasteiger partial charge in [-0.05, 0) is 18.1 Å². The summed E-state index contributed by atoms with van der Waals surface area (Å²) in [6.45, 7) is 1.96. The van der Waals surface area contributed by atoms with Crippen LogP contribution >= 0.6 is 0 Å². The van der Waals surface area contributed by atoms with Gasteiger partial charge in [-0.3, -0.25) is 19.7 Å². The van der Waals surface area contributed by atoms with E-state index in [2.05, 4.69) is 0 Å². The number of ether oxygens (including phenoxy) is 1. The fourth-order valence-corrected chi connectivity index (χ4v) is 1.76. The third-order valence-electron chi connectivity index (χ3n) is 2.58. The van der Waals surface area contributed by atoms with Crippen molar-refractivity contribution in [3.8, 4) is 0 Å². The summed E-state index contributed by atoms with van der Waals surface area (Å²) < 4.78 is 4.79.